The third-order valence-corrected chi connectivity index (χ3v) is 4.57. The first-order valence-electron chi connectivity index (χ1n) is 8.04. The number of hydrogen-bond acceptors (Lipinski definition) is 3. The van der Waals surface area contributed by atoms with Gasteiger partial charge in [-0.15, -0.1) is 0 Å². The number of benzene rings is 2. The number of aromatic nitrogens is 3. The molecular formula is C19H13FN4O. The topological polar surface area (TPSA) is 51.0 Å². The molecule has 0 radical (unpaired) electrons. The van der Waals surface area contributed by atoms with Crippen molar-refractivity contribution in [2.75, 3.05) is 11.4 Å². The van der Waals surface area contributed by atoms with Gasteiger partial charge in [0.15, 0.2) is 0 Å². The van der Waals surface area contributed by atoms with Gasteiger partial charge in [-0.05, 0) is 30.3 Å². The van der Waals surface area contributed by atoms with Gasteiger partial charge >= 0.3 is 0 Å². The number of carbonyl (C=O) groups is 1. The number of rotatable bonds is 1. The van der Waals surface area contributed by atoms with Gasteiger partial charge in [0.25, 0.3) is 5.91 Å². The first-order valence-corrected chi connectivity index (χ1v) is 8.04. The lowest BCUT2D eigenvalue weighted by Crippen LogP contribution is -2.29. The van der Waals surface area contributed by atoms with Crippen LogP contribution in [-0.4, -0.2) is 27.0 Å². The largest absolute Gasteiger partial charge is 0.308 e. The minimum atomic E-state index is -0.448. The van der Waals surface area contributed by atoms with Crippen LogP contribution in [0.1, 0.15) is 10.4 Å². The van der Waals surface area contributed by atoms with Gasteiger partial charge in [-0.1, -0.05) is 18.2 Å². The molecule has 1 amide bonds. The molecule has 0 saturated heterocycles. The van der Waals surface area contributed by atoms with Crippen molar-refractivity contribution < 1.29 is 9.18 Å². The van der Waals surface area contributed by atoms with E-state index in [9.17, 15) is 9.18 Å². The Labute approximate surface area is 142 Å². The smallest absolute Gasteiger partial charge is 0.262 e. The summed E-state index contributed by atoms with van der Waals surface area (Å²) in [6.45, 7) is 1.18. The highest BCUT2D eigenvalue weighted by molar-refractivity contribution is 6.13. The molecule has 0 bridgehead atoms. The van der Waals surface area contributed by atoms with Crippen molar-refractivity contribution in [1.29, 1.82) is 0 Å². The van der Waals surface area contributed by atoms with Gasteiger partial charge in [0.05, 0.1) is 22.1 Å². The maximum atomic E-state index is 14.0. The molecule has 1 aliphatic rings. The van der Waals surface area contributed by atoms with Crippen molar-refractivity contribution in [2.24, 2.45) is 0 Å². The fourth-order valence-electron chi connectivity index (χ4n) is 3.45. The minimum Gasteiger partial charge on any atom is -0.308 e. The molecule has 0 unspecified atom stereocenters. The lowest BCUT2D eigenvalue weighted by atomic mass is 10.1. The number of amides is 1. The Hall–Kier alpha value is -3.28. The second kappa shape index (κ2) is 5.11. The zero-order valence-corrected chi connectivity index (χ0v) is 13.2. The third-order valence-electron chi connectivity index (χ3n) is 4.57. The predicted octanol–water partition coefficient (Wildman–Crippen LogP) is 3.38. The highest BCUT2D eigenvalue weighted by atomic mass is 19.1. The molecule has 25 heavy (non-hydrogen) atoms. The molecule has 122 valence electrons. The molecular weight excluding hydrogens is 319 g/mol. The Kier molecular flexibility index (Phi) is 2.88. The summed E-state index contributed by atoms with van der Waals surface area (Å²) in [6.07, 6.45) is 1.61. The maximum Gasteiger partial charge on any atom is 0.262 e. The number of pyridine rings is 1. The van der Waals surface area contributed by atoms with Crippen LogP contribution in [0, 0.1) is 5.82 Å². The molecule has 5 nitrogen and oxygen atoms in total. The van der Waals surface area contributed by atoms with Crippen LogP contribution < -0.4 is 4.90 Å². The molecule has 0 saturated carbocycles. The molecule has 2 aromatic heterocycles. The van der Waals surface area contributed by atoms with E-state index in [4.69, 9.17) is 0 Å². The lowest BCUT2D eigenvalue weighted by molar-refractivity contribution is 0.0989. The highest BCUT2D eigenvalue weighted by Gasteiger charge is 2.30. The van der Waals surface area contributed by atoms with E-state index in [1.807, 2.05) is 28.8 Å². The Morgan fingerprint density at radius 1 is 1.08 bits per heavy atom. The number of carbonyl (C=O) groups excluding carboxylic acids is 1. The molecule has 3 heterocycles. The fraction of sp³-hybridized carbons (Fsp3) is 0.105. The van der Waals surface area contributed by atoms with Crippen LogP contribution in [0.4, 0.5) is 10.3 Å². The SMILES string of the molecule is O=C(c1cc(F)cc2cccnc12)N1CCn2c1nc1ccccc12. The molecule has 1 aliphatic heterocycles. The molecule has 2 aromatic carbocycles. The second-order valence-electron chi connectivity index (χ2n) is 6.04. The summed E-state index contributed by atoms with van der Waals surface area (Å²) in [5.74, 6) is -0.131. The average Bonchev–Trinajstić information content (AvgIpc) is 3.19. The van der Waals surface area contributed by atoms with E-state index in [1.54, 1.807) is 23.2 Å². The molecule has 0 atom stereocenters. The number of para-hydroxylation sites is 2. The number of nitrogens with zero attached hydrogens (tertiary/aromatic N) is 4. The van der Waals surface area contributed by atoms with Gasteiger partial charge in [0, 0.05) is 24.7 Å². The maximum absolute atomic E-state index is 14.0. The normalized spacial score (nSPS) is 13.6. The molecule has 0 fully saturated rings. The van der Waals surface area contributed by atoms with Crippen LogP contribution in [0.3, 0.4) is 0 Å². The average molecular weight is 332 g/mol. The van der Waals surface area contributed by atoms with Gasteiger partial charge in [-0.2, -0.15) is 0 Å². The van der Waals surface area contributed by atoms with Gasteiger partial charge in [0.1, 0.15) is 5.82 Å². The van der Waals surface area contributed by atoms with Gasteiger partial charge in [0.2, 0.25) is 5.95 Å². The van der Waals surface area contributed by atoms with Crippen molar-refractivity contribution in [1.82, 2.24) is 14.5 Å². The van der Waals surface area contributed by atoms with Crippen molar-refractivity contribution in [3.05, 3.63) is 66.1 Å². The standard InChI is InChI=1S/C19H13FN4O/c20-13-10-12-4-3-7-21-17(12)14(11-13)18(25)24-9-8-23-16-6-2-1-5-15(16)22-19(23)24/h1-7,10-11H,8-9H2. The number of anilines is 1. The van der Waals surface area contributed by atoms with Crippen LogP contribution in [0.5, 0.6) is 0 Å². The van der Waals surface area contributed by atoms with Crippen LogP contribution in [-0.2, 0) is 6.54 Å². The molecule has 4 aromatic rings. The lowest BCUT2D eigenvalue weighted by Gasteiger charge is -2.15. The summed E-state index contributed by atoms with van der Waals surface area (Å²) < 4.78 is 16.0. The molecule has 0 spiro atoms. The quantitative estimate of drug-likeness (QED) is 0.537. The monoisotopic (exact) mass is 332 g/mol. The van der Waals surface area contributed by atoms with Crippen LogP contribution in [0.25, 0.3) is 21.9 Å². The van der Waals surface area contributed by atoms with E-state index in [0.29, 0.717) is 29.9 Å². The summed E-state index contributed by atoms with van der Waals surface area (Å²) in [7, 11) is 0. The molecule has 0 aliphatic carbocycles. The zero-order valence-electron chi connectivity index (χ0n) is 13.2. The van der Waals surface area contributed by atoms with Crippen molar-refractivity contribution in [3.8, 4) is 0 Å². The fourth-order valence-corrected chi connectivity index (χ4v) is 3.45. The van der Waals surface area contributed by atoms with E-state index in [-0.39, 0.29) is 11.5 Å². The Morgan fingerprint density at radius 2 is 1.96 bits per heavy atom. The number of imidazole rings is 1. The van der Waals surface area contributed by atoms with E-state index < -0.39 is 5.82 Å². The highest BCUT2D eigenvalue weighted by Crippen LogP contribution is 2.29. The summed E-state index contributed by atoms with van der Waals surface area (Å²) in [4.78, 5) is 23.6. The van der Waals surface area contributed by atoms with Gasteiger partial charge in [-0.25, -0.2) is 9.37 Å². The first-order chi connectivity index (χ1) is 12.2. The third kappa shape index (κ3) is 2.04. The first kappa shape index (κ1) is 14.1. The van der Waals surface area contributed by atoms with Gasteiger partial charge in [-0.3, -0.25) is 14.7 Å². The van der Waals surface area contributed by atoms with Crippen LogP contribution >= 0.6 is 0 Å². The predicted molar refractivity (Wildman–Crippen MR) is 93.1 cm³/mol. The van der Waals surface area contributed by atoms with Crippen molar-refractivity contribution in [3.63, 3.8) is 0 Å². The number of fused-ring (bicyclic) bond motifs is 4. The second-order valence-corrected chi connectivity index (χ2v) is 6.04. The Bertz CT molecular complexity index is 1150. The van der Waals surface area contributed by atoms with Crippen molar-refractivity contribution >= 4 is 33.8 Å². The molecule has 6 heteroatoms. The van der Waals surface area contributed by atoms with Crippen LogP contribution in [0.2, 0.25) is 0 Å². The van der Waals surface area contributed by atoms with Gasteiger partial charge < -0.3 is 4.57 Å². The van der Waals surface area contributed by atoms with Crippen LogP contribution in [0.15, 0.2) is 54.7 Å². The van der Waals surface area contributed by atoms with Crippen molar-refractivity contribution in [2.45, 2.75) is 6.54 Å². The van der Waals surface area contributed by atoms with E-state index in [1.165, 1.54) is 12.1 Å². The summed E-state index contributed by atoms with van der Waals surface area (Å²) in [6, 6.07) is 13.9. The summed E-state index contributed by atoms with van der Waals surface area (Å²) in [5, 5.41) is 0.610. The Morgan fingerprint density at radius 3 is 2.88 bits per heavy atom. The zero-order chi connectivity index (χ0) is 17.0. The minimum absolute atomic E-state index is 0.260. The number of halogens is 1. The summed E-state index contributed by atoms with van der Waals surface area (Å²) >= 11 is 0. The molecule has 5 rings (SSSR count). The molecule has 0 N–H and O–H groups in total. The number of hydrogen-bond donors (Lipinski definition) is 0. The Balaban J connectivity index is 1.66. The summed E-state index contributed by atoms with van der Waals surface area (Å²) in [5.41, 5.74) is 2.60. The van der Waals surface area contributed by atoms with E-state index >= 15 is 0 Å². The van der Waals surface area contributed by atoms with E-state index in [2.05, 4.69) is 9.97 Å². The van der Waals surface area contributed by atoms with E-state index in [0.717, 1.165) is 11.0 Å².